The largest absolute Gasteiger partial charge is 0.383 e. The first-order valence-electron chi connectivity index (χ1n) is 8.59. The monoisotopic (exact) mass is 344 g/mol. The van der Waals surface area contributed by atoms with Crippen LogP contribution < -0.4 is 10.6 Å². The zero-order chi connectivity index (χ0) is 18.4. The number of rotatable bonds is 7. The van der Waals surface area contributed by atoms with Crippen LogP contribution in [0.15, 0.2) is 42.7 Å². The van der Waals surface area contributed by atoms with Crippen molar-refractivity contribution in [3.8, 4) is 0 Å². The molecule has 0 aliphatic heterocycles. The van der Waals surface area contributed by atoms with Gasteiger partial charge in [-0.2, -0.15) is 5.10 Å². The number of aliphatic hydroxyl groups is 1. The number of hydrogen-bond acceptors (Lipinski definition) is 3. The molecule has 1 aromatic heterocycles. The molecule has 2 atom stereocenters. The second kappa shape index (κ2) is 8.16. The molecule has 136 valence electrons. The summed E-state index contributed by atoms with van der Waals surface area (Å²) >= 11 is 0. The van der Waals surface area contributed by atoms with Gasteiger partial charge in [-0.1, -0.05) is 44.2 Å². The van der Waals surface area contributed by atoms with Crippen LogP contribution >= 0.6 is 0 Å². The first-order chi connectivity index (χ1) is 11.8. The van der Waals surface area contributed by atoms with E-state index in [4.69, 9.17) is 0 Å². The lowest BCUT2D eigenvalue weighted by Gasteiger charge is -2.25. The van der Waals surface area contributed by atoms with Gasteiger partial charge >= 0.3 is 6.03 Å². The third kappa shape index (κ3) is 5.60. The average Bonchev–Trinajstić information content (AvgIpc) is 3.00. The number of urea groups is 1. The molecule has 0 bridgehead atoms. The highest BCUT2D eigenvalue weighted by Crippen LogP contribution is 2.21. The maximum atomic E-state index is 12.3. The molecule has 6 heteroatoms. The summed E-state index contributed by atoms with van der Waals surface area (Å²) < 4.78 is 1.62. The third-order valence-electron chi connectivity index (χ3n) is 4.13. The molecule has 0 aliphatic carbocycles. The molecular weight excluding hydrogens is 316 g/mol. The van der Waals surface area contributed by atoms with Gasteiger partial charge in [0.15, 0.2) is 0 Å². The molecule has 0 fully saturated rings. The number of aromatic nitrogens is 2. The summed E-state index contributed by atoms with van der Waals surface area (Å²) in [6.45, 7) is 6.02. The normalized spacial score (nSPS) is 14.8. The zero-order valence-corrected chi connectivity index (χ0v) is 15.4. The Morgan fingerprint density at radius 3 is 2.56 bits per heavy atom. The minimum Gasteiger partial charge on any atom is -0.383 e. The third-order valence-corrected chi connectivity index (χ3v) is 4.13. The number of carbonyl (C=O) groups excluding carboxylic acids is 1. The van der Waals surface area contributed by atoms with Crippen molar-refractivity contribution in [3.05, 3.63) is 53.9 Å². The Kier molecular flexibility index (Phi) is 6.20. The van der Waals surface area contributed by atoms with Crippen molar-refractivity contribution in [2.24, 2.45) is 13.0 Å². The van der Waals surface area contributed by atoms with Crippen LogP contribution in [-0.2, 0) is 12.6 Å². The first-order valence-corrected chi connectivity index (χ1v) is 8.59. The van der Waals surface area contributed by atoms with Gasteiger partial charge in [0, 0.05) is 18.8 Å². The van der Waals surface area contributed by atoms with Crippen LogP contribution in [0.4, 0.5) is 4.79 Å². The summed E-state index contributed by atoms with van der Waals surface area (Å²) in [5.41, 5.74) is 0.564. The predicted octanol–water partition coefficient (Wildman–Crippen LogP) is 2.71. The van der Waals surface area contributed by atoms with Crippen LogP contribution in [0, 0.1) is 5.92 Å². The van der Waals surface area contributed by atoms with Gasteiger partial charge in [-0.25, -0.2) is 4.79 Å². The molecular formula is C19H28N4O2. The number of carbonyl (C=O) groups is 1. The molecule has 3 N–H and O–H groups in total. The molecule has 25 heavy (non-hydrogen) atoms. The Labute approximate surface area is 149 Å². The standard InChI is InChI=1S/C19H28N4O2/c1-14(2)10-17(15-8-6-5-7-9-15)22-18(24)20-13-19(3,25)16-11-21-23(4)12-16/h5-9,11-12,14,17,25H,10,13H2,1-4H3,(H2,20,22,24). The van der Waals surface area contributed by atoms with E-state index in [1.165, 1.54) is 0 Å². The summed E-state index contributed by atoms with van der Waals surface area (Å²) in [7, 11) is 1.79. The van der Waals surface area contributed by atoms with Crippen LogP contribution in [0.25, 0.3) is 0 Å². The predicted molar refractivity (Wildman–Crippen MR) is 98.0 cm³/mol. The fraction of sp³-hybridized carbons (Fsp3) is 0.474. The molecule has 1 heterocycles. The number of nitrogens with zero attached hydrogens (tertiary/aromatic N) is 2. The molecule has 2 aromatic rings. The first kappa shape index (κ1) is 19.0. The minimum atomic E-state index is -1.17. The zero-order valence-electron chi connectivity index (χ0n) is 15.4. The highest BCUT2D eigenvalue weighted by molar-refractivity contribution is 5.74. The van der Waals surface area contributed by atoms with E-state index in [1.54, 1.807) is 31.0 Å². The van der Waals surface area contributed by atoms with Gasteiger partial charge in [-0.15, -0.1) is 0 Å². The van der Waals surface area contributed by atoms with Crippen LogP contribution in [0.1, 0.15) is 44.4 Å². The van der Waals surface area contributed by atoms with Gasteiger partial charge in [-0.05, 0) is 24.8 Å². The van der Waals surface area contributed by atoms with E-state index in [0.29, 0.717) is 11.5 Å². The van der Waals surface area contributed by atoms with Gasteiger partial charge in [0.2, 0.25) is 0 Å². The number of aryl methyl sites for hydroxylation is 1. The van der Waals surface area contributed by atoms with Crippen LogP contribution in [-0.4, -0.2) is 27.5 Å². The minimum absolute atomic E-state index is 0.0652. The second-order valence-corrected chi connectivity index (χ2v) is 7.10. The van der Waals surface area contributed by atoms with Crippen LogP contribution in [0.2, 0.25) is 0 Å². The average molecular weight is 344 g/mol. The summed E-state index contributed by atoms with van der Waals surface area (Å²) in [6, 6.07) is 9.56. The lowest BCUT2D eigenvalue weighted by atomic mass is 9.97. The van der Waals surface area contributed by atoms with E-state index in [9.17, 15) is 9.90 Å². The molecule has 0 saturated carbocycles. The number of benzene rings is 1. The Balaban J connectivity index is 1.97. The van der Waals surface area contributed by atoms with Gasteiger partial charge in [-0.3, -0.25) is 4.68 Å². The van der Waals surface area contributed by atoms with Gasteiger partial charge in [0.25, 0.3) is 0 Å². The van der Waals surface area contributed by atoms with Crippen molar-refractivity contribution in [2.45, 2.75) is 38.8 Å². The molecule has 2 unspecified atom stereocenters. The fourth-order valence-electron chi connectivity index (χ4n) is 2.70. The van der Waals surface area contributed by atoms with Gasteiger partial charge in [0.05, 0.1) is 18.8 Å². The lowest BCUT2D eigenvalue weighted by molar-refractivity contribution is 0.0591. The topological polar surface area (TPSA) is 79.2 Å². The molecule has 0 radical (unpaired) electrons. The maximum absolute atomic E-state index is 12.3. The van der Waals surface area contributed by atoms with Crippen molar-refractivity contribution in [2.75, 3.05) is 6.54 Å². The second-order valence-electron chi connectivity index (χ2n) is 7.10. The fourth-order valence-corrected chi connectivity index (χ4v) is 2.70. The Bertz CT molecular complexity index is 680. The van der Waals surface area contributed by atoms with Crippen molar-refractivity contribution >= 4 is 6.03 Å². The van der Waals surface area contributed by atoms with E-state index < -0.39 is 5.60 Å². The van der Waals surface area contributed by atoms with Crippen LogP contribution in [0.5, 0.6) is 0 Å². The van der Waals surface area contributed by atoms with E-state index >= 15 is 0 Å². The van der Waals surface area contributed by atoms with Crippen LogP contribution in [0.3, 0.4) is 0 Å². The van der Waals surface area contributed by atoms with Gasteiger partial charge in [0.1, 0.15) is 5.60 Å². The van der Waals surface area contributed by atoms with Crippen molar-refractivity contribution in [3.63, 3.8) is 0 Å². The Morgan fingerprint density at radius 2 is 2.00 bits per heavy atom. The lowest BCUT2D eigenvalue weighted by Crippen LogP contribution is -2.44. The van der Waals surface area contributed by atoms with Gasteiger partial charge < -0.3 is 15.7 Å². The van der Waals surface area contributed by atoms with Crippen molar-refractivity contribution in [1.82, 2.24) is 20.4 Å². The smallest absolute Gasteiger partial charge is 0.315 e. The summed E-state index contributed by atoms with van der Waals surface area (Å²) in [4.78, 5) is 12.3. The maximum Gasteiger partial charge on any atom is 0.315 e. The highest BCUT2D eigenvalue weighted by atomic mass is 16.3. The quantitative estimate of drug-likeness (QED) is 0.722. The van der Waals surface area contributed by atoms with E-state index in [2.05, 4.69) is 29.6 Å². The molecule has 0 spiro atoms. The summed E-state index contributed by atoms with van der Waals surface area (Å²) in [6.07, 6.45) is 4.19. The number of hydrogen-bond donors (Lipinski definition) is 3. The van der Waals surface area contributed by atoms with Crippen molar-refractivity contribution in [1.29, 1.82) is 0 Å². The molecule has 0 aliphatic rings. The van der Waals surface area contributed by atoms with E-state index in [1.807, 2.05) is 30.3 Å². The number of amides is 2. The molecule has 0 saturated heterocycles. The molecule has 6 nitrogen and oxygen atoms in total. The molecule has 1 aromatic carbocycles. The van der Waals surface area contributed by atoms with E-state index in [-0.39, 0.29) is 18.6 Å². The van der Waals surface area contributed by atoms with E-state index in [0.717, 1.165) is 12.0 Å². The Hall–Kier alpha value is -2.34. The molecule has 2 amide bonds. The highest BCUT2D eigenvalue weighted by Gasteiger charge is 2.26. The summed E-state index contributed by atoms with van der Waals surface area (Å²) in [5.74, 6) is 0.448. The SMILES string of the molecule is CC(C)CC(NC(=O)NCC(C)(O)c1cnn(C)c1)c1ccccc1. The number of nitrogens with one attached hydrogen (secondary N) is 2. The van der Waals surface area contributed by atoms with Crippen molar-refractivity contribution < 1.29 is 9.90 Å². The summed E-state index contributed by atoms with van der Waals surface area (Å²) in [5, 5.41) is 20.4. The Morgan fingerprint density at radius 1 is 1.32 bits per heavy atom. The molecule has 2 rings (SSSR count).